The van der Waals surface area contributed by atoms with Crippen molar-refractivity contribution in [3.05, 3.63) is 52.5 Å². The number of benzene rings is 1. The Morgan fingerprint density at radius 2 is 2.03 bits per heavy atom. The van der Waals surface area contributed by atoms with Crippen molar-refractivity contribution in [2.24, 2.45) is 16.5 Å². The van der Waals surface area contributed by atoms with Gasteiger partial charge in [-0.2, -0.15) is 0 Å². The van der Waals surface area contributed by atoms with Gasteiger partial charge in [0.1, 0.15) is 6.04 Å². The highest BCUT2D eigenvalue weighted by molar-refractivity contribution is 7.09. The normalized spacial score (nSPS) is 19.8. The molecule has 2 unspecified atom stereocenters. The van der Waals surface area contributed by atoms with Gasteiger partial charge in [-0.25, -0.2) is 4.98 Å². The minimum absolute atomic E-state index is 0.0194. The van der Waals surface area contributed by atoms with Gasteiger partial charge in [-0.3, -0.25) is 19.4 Å². The maximum atomic E-state index is 13.3. The number of aromatic nitrogens is 1. The Kier molecular flexibility index (Phi) is 9.10. The number of nitrogens with two attached hydrogens (primary N) is 2. The summed E-state index contributed by atoms with van der Waals surface area (Å²) in [5.41, 5.74) is 11.9. The second-order valence-electron chi connectivity index (χ2n) is 9.59. The Labute approximate surface area is 221 Å². The number of carbonyl (C=O) groups is 3. The molecule has 3 amide bonds. The molecule has 0 radical (unpaired) electrons. The predicted octanol–water partition coefficient (Wildman–Crippen LogP) is 1.06. The summed E-state index contributed by atoms with van der Waals surface area (Å²) in [6.45, 7) is 0.982. The van der Waals surface area contributed by atoms with E-state index in [1.165, 1.54) is 0 Å². The number of rotatable bonds is 11. The lowest BCUT2D eigenvalue weighted by Gasteiger charge is -2.39. The molecule has 5 N–H and O–H groups in total. The average molecular weight is 526 g/mol. The Morgan fingerprint density at radius 3 is 2.76 bits per heavy atom. The fourth-order valence-corrected chi connectivity index (χ4v) is 5.84. The highest BCUT2D eigenvalue weighted by Gasteiger charge is 2.45. The van der Waals surface area contributed by atoms with Gasteiger partial charge in [-0.1, -0.05) is 30.3 Å². The van der Waals surface area contributed by atoms with Crippen LogP contribution in [0.1, 0.15) is 42.7 Å². The van der Waals surface area contributed by atoms with E-state index in [2.05, 4.69) is 15.3 Å². The summed E-state index contributed by atoms with van der Waals surface area (Å²) in [7, 11) is 0. The van der Waals surface area contributed by atoms with E-state index in [0.717, 1.165) is 10.6 Å². The third-order valence-electron chi connectivity index (χ3n) is 6.93. The molecule has 37 heavy (non-hydrogen) atoms. The zero-order chi connectivity index (χ0) is 26.2. The van der Waals surface area contributed by atoms with E-state index in [-0.39, 0.29) is 42.3 Å². The Bertz CT molecular complexity index is 1090. The van der Waals surface area contributed by atoms with Gasteiger partial charge in [0.25, 0.3) is 0 Å². The fourth-order valence-electron chi connectivity index (χ4n) is 5.14. The topological polar surface area (TPSA) is 147 Å². The van der Waals surface area contributed by atoms with Crippen molar-refractivity contribution in [2.45, 2.75) is 63.1 Å². The molecule has 2 saturated heterocycles. The van der Waals surface area contributed by atoms with Gasteiger partial charge in [-0.15, -0.1) is 11.3 Å². The predicted molar refractivity (Wildman–Crippen MR) is 143 cm³/mol. The number of fused-ring (bicyclic) bond motifs is 1. The first-order valence-electron chi connectivity index (χ1n) is 12.8. The number of hydrogen-bond donors (Lipinski definition) is 3. The molecule has 2 fully saturated rings. The number of nitrogens with one attached hydrogen (secondary N) is 1. The minimum Gasteiger partial charge on any atom is -0.370 e. The van der Waals surface area contributed by atoms with Crippen LogP contribution < -0.4 is 16.8 Å². The second-order valence-corrected chi connectivity index (χ2v) is 10.6. The number of thiazole rings is 1. The van der Waals surface area contributed by atoms with E-state index in [0.29, 0.717) is 58.0 Å². The second kappa shape index (κ2) is 12.7. The zero-order valence-corrected chi connectivity index (χ0v) is 21.7. The third-order valence-corrected chi connectivity index (χ3v) is 7.73. The van der Waals surface area contributed by atoms with Gasteiger partial charge in [-0.05, 0) is 37.7 Å². The van der Waals surface area contributed by atoms with Crippen LogP contribution in [0, 0.1) is 0 Å². The van der Waals surface area contributed by atoms with Crippen molar-refractivity contribution in [1.29, 1.82) is 0 Å². The molecular formula is C26H35N7O3S. The molecule has 4 rings (SSSR count). The van der Waals surface area contributed by atoms with Crippen LogP contribution in [0.4, 0.5) is 0 Å². The minimum atomic E-state index is -0.518. The molecule has 0 spiro atoms. The molecule has 10 nitrogen and oxygen atoms in total. The number of carbonyl (C=O) groups excluding carboxylic acids is 3. The molecule has 2 aromatic rings. The van der Waals surface area contributed by atoms with Crippen molar-refractivity contribution in [3.8, 4) is 0 Å². The van der Waals surface area contributed by atoms with E-state index < -0.39 is 6.04 Å². The Hall–Kier alpha value is -3.47. The van der Waals surface area contributed by atoms with Crippen LogP contribution >= 0.6 is 11.3 Å². The number of nitrogens with zero attached hydrogens (tertiary/aromatic N) is 4. The molecule has 198 valence electrons. The van der Waals surface area contributed by atoms with Crippen molar-refractivity contribution >= 4 is 35.0 Å². The first-order valence-corrected chi connectivity index (χ1v) is 13.7. The van der Waals surface area contributed by atoms with Crippen molar-refractivity contribution < 1.29 is 14.4 Å². The Morgan fingerprint density at radius 1 is 1.22 bits per heavy atom. The monoisotopic (exact) mass is 525 g/mol. The van der Waals surface area contributed by atoms with Crippen LogP contribution in [0.5, 0.6) is 0 Å². The lowest BCUT2D eigenvalue weighted by molar-refractivity contribution is -0.151. The standard InChI is InChI=1S/C26H35N7O3S/c27-26(28)30-12-4-7-19(15-22-29-13-14-37-22)31-25(36)21-10-9-20-16-32(17-24(35)33(20)21)23(34)11-8-18-5-2-1-3-6-18/h1-3,5-6,13-14,19-21H,4,7-12,15-17H2,(H,31,36)(H4,27,28,30)/t19?,20-,21?/m0/s1. The lowest BCUT2D eigenvalue weighted by Crippen LogP contribution is -2.60. The van der Waals surface area contributed by atoms with Gasteiger partial charge in [0, 0.05) is 43.5 Å². The summed E-state index contributed by atoms with van der Waals surface area (Å²) in [5, 5.41) is 6.00. The molecule has 2 aliphatic heterocycles. The average Bonchev–Trinajstić information content (AvgIpc) is 3.56. The van der Waals surface area contributed by atoms with Gasteiger partial charge in [0.2, 0.25) is 17.7 Å². The van der Waals surface area contributed by atoms with Crippen LogP contribution in [0.3, 0.4) is 0 Å². The summed E-state index contributed by atoms with van der Waals surface area (Å²) in [6, 6.07) is 9.08. The molecule has 2 aliphatic rings. The van der Waals surface area contributed by atoms with E-state index >= 15 is 0 Å². The first-order chi connectivity index (χ1) is 17.9. The number of hydrogen-bond acceptors (Lipinski definition) is 6. The van der Waals surface area contributed by atoms with Crippen LogP contribution in [0.25, 0.3) is 0 Å². The van der Waals surface area contributed by atoms with Gasteiger partial charge in [0.05, 0.1) is 17.6 Å². The van der Waals surface area contributed by atoms with E-state index in [9.17, 15) is 14.4 Å². The summed E-state index contributed by atoms with van der Waals surface area (Å²) in [4.78, 5) is 51.0. The largest absolute Gasteiger partial charge is 0.370 e. The zero-order valence-electron chi connectivity index (χ0n) is 20.9. The fraction of sp³-hybridized carbons (Fsp3) is 0.500. The van der Waals surface area contributed by atoms with E-state index in [1.807, 2.05) is 35.7 Å². The molecular weight excluding hydrogens is 490 g/mol. The number of guanidine groups is 1. The number of amides is 3. The van der Waals surface area contributed by atoms with Crippen LogP contribution in [0.2, 0.25) is 0 Å². The van der Waals surface area contributed by atoms with Gasteiger partial charge >= 0.3 is 0 Å². The number of aliphatic imine (C=N–C) groups is 1. The molecule has 1 aromatic heterocycles. The molecule has 3 atom stereocenters. The van der Waals surface area contributed by atoms with Crippen molar-refractivity contribution in [2.75, 3.05) is 19.6 Å². The molecule has 11 heteroatoms. The molecule has 3 heterocycles. The highest BCUT2D eigenvalue weighted by atomic mass is 32.1. The summed E-state index contributed by atoms with van der Waals surface area (Å²) < 4.78 is 0. The Balaban J connectivity index is 1.32. The number of piperazine rings is 1. The molecule has 1 aromatic carbocycles. The lowest BCUT2D eigenvalue weighted by atomic mass is 10.1. The SMILES string of the molecule is NC(N)=NCCCC(Cc1nccs1)NC(=O)C1CC[C@H]2CN(C(=O)CCc3ccccc3)CC(=O)N12. The maximum absolute atomic E-state index is 13.3. The molecule has 0 saturated carbocycles. The van der Waals surface area contributed by atoms with Gasteiger partial charge in [0.15, 0.2) is 5.96 Å². The van der Waals surface area contributed by atoms with Crippen LogP contribution in [-0.4, -0.2) is 76.2 Å². The van der Waals surface area contributed by atoms with E-state index in [1.54, 1.807) is 27.3 Å². The van der Waals surface area contributed by atoms with Crippen molar-refractivity contribution in [1.82, 2.24) is 20.1 Å². The summed E-state index contributed by atoms with van der Waals surface area (Å²) in [6.07, 6.45) is 6.07. The van der Waals surface area contributed by atoms with Crippen LogP contribution in [0.15, 0.2) is 46.9 Å². The van der Waals surface area contributed by atoms with Crippen LogP contribution in [-0.2, 0) is 27.2 Å². The quantitative estimate of drug-likeness (QED) is 0.227. The highest BCUT2D eigenvalue weighted by Crippen LogP contribution is 2.29. The van der Waals surface area contributed by atoms with Crippen molar-refractivity contribution in [3.63, 3.8) is 0 Å². The summed E-state index contributed by atoms with van der Waals surface area (Å²) in [5.74, 6) is -0.281. The van der Waals surface area contributed by atoms with E-state index in [4.69, 9.17) is 11.5 Å². The smallest absolute Gasteiger partial charge is 0.243 e. The molecule has 0 aliphatic carbocycles. The maximum Gasteiger partial charge on any atom is 0.243 e. The summed E-state index contributed by atoms with van der Waals surface area (Å²) >= 11 is 1.55. The van der Waals surface area contributed by atoms with Gasteiger partial charge < -0.3 is 26.6 Å². The number of aryl methyl sites for hydroxylation is 1. The third kappa shape index (κ3) is 7.28. The molecule has 0 bridgehead atoms. The first kappa shape index (κ1) is 26.6.